The third-order valence-electron chi connectivity index (χ3n) is 7.08. The minimum atomic E-state index is -0.0914. The molecule has 0 bridgehead atoms. The van der Waals surface area contributed by atoms with Crippen LogP contribution in [-0.4, -0.2) is 31.1 Å². The summed E-state index contributed by atoms with van der Waals surface area (Å²) in [6, 6.07) is 12.3. The molecule has 1 unspecified atom stereocenters. The summed E-state index contributed by atoms with van der Waals surface area (Å²) in [5.41, 5.74) is 6.78. The number of rotatable bonds is 2. The summed E-state index contributed by atoms with van der Waals surface area (Å²) in [6.07, 6.45) is 4.66. The molecule has 0 radical (unpaired) electrons. The van der Waals surface area contributed by atoms with Crippen LogP contribution in [0.4, 0.5) is 0 Å². The number of benzene rings is 2. The molecule has 3 heterocycles. The van der Waals surface area contributed by atoms with Gasteiger partial charge in [0.1, 0.15) is 5.75 Å². The van der Waals surface area contributed by atoms with E-state index in [0.29, 0.717) is 6.42 Å². The number of carbonyl (C=O) groups is 1. The Balaban J connectivity index is 1.55. The van der Waals surface area contributed by atoms with Crippen LogP contribution in [0.1, 0.15) is 49.3 Å². The molecule has 0 aromatic heterocycles. The number of methoxy groups -OCH3 is 1. The fourth-order valence-corrected chi connectivity index (χ4v) is 5.62. The first-order valence-corrected chi connectivity index (χ1v) is 11.3. The minimum absolute atomic E-state index is 0.0491. The number of ether oxygens (including phenoxy) is 3. The standard InChI is InChI=1S/C27H27NO4/c1-27(2)13-22-26(23(29)14-27)20(16-5-4-6-18(9-16)30-3)11-21-19-12-25-24(31-15-32-25)10-17(19)7-8-28(21)22/h4-6,9-12,20H,7-8,13-15H2,1-3H3. The van der Waals surface area contributed by atoms with Gasteiger partial charge in [0.05, 0.1) is 7.11 Å². The Labute approximate surface area is 188 Å². The van der Waals surface area contributed by atoms with Gasteiger partial charge >= 0.3 is 0 Å². The molecule has 0 amide bonds. The zero-order valence-corrected chi connectivity index (χ0v) is 18.7. The molecular formula is C27H27NO4. The van der Waals surface area contributed by atoms with Crippen molar-refractivity contribution in [2.45, 2.75) is 39.0 Å². The lowest BCUT2D eigenvalue weighted by Crippen LogP contribution is -2.40. The van der Waals surface area contributed by atoms with E-state index in [1.165, 1.54) is 22.5 Å². The van der Waals surface area contributed by atoms with Crippen LogP contribution in [0.2, 0.25) is 0 Å². The molecule has 0 saturated heterocycles. The predicted molar refractivity (Wildman–Crippen MR) is 122 cm³/mol. The molecule has 5 nitrogen and oxygen atoms in total. The van der Waals surface area contributed by atoms with Crippen molar-refractivity contribution in [3.8, 4) is 17.2 Å². The minimum Gasteiger partial charge on any atom is -0.497 e. The predicted octanol–water partition coefficient (Wildman–Crippen LogP) is 5.06. The first kappa shape index (κ1) is 19.5. The lowest BCUT2D eigenvalue weighted by atomic mass is 9.69. The summed E-state index contributed by atoms with van der Waals surface area (Å²) in [5.74, 6) is 2.60. The average Bonchev–Trinajstić information content (AvgIpc) is 3.23. The summed E-state index contributed by atoms with van der Waals surface area (Å²) >= 11 is 0. The van der Waals surface area contributed by atoms with Crippen LogP contribution in [0.25, 0.3) is 5.70 Å². The van der Waals surface area contributed by atoms with Crippen molar-refractivity contribution >= 4 is 11.5 Å². The molecule has 6 rings (SSSR count). The molecule has 0 spiro atoms. The van der Waals surface area contributed by atoms with Crippen molar-refractivity contribution in [1.82, 2.24) is 4.90 Å². The maximum atomic E-state index is 13.5. The Morgan fingerprint density at radius 1 is 1.09 bits per heavy atom. The normalized spacial score (nSPS) is 22.7. The Morgan fingerprint density at radius 3 is 2.72 bits per heavy atom. The monoisotopic (exact) mass is 429 g/mol. The van der Waals surface area contributed by atoms with Crippen LogP contribution in [0.5, 0.6) is 17.2 Å². The number of ketones is 1. The van der Waals surface area contributed by atoms with E-state index < -0.39 is 0 Å². The molecule has 0 saturated carbocycles. The second kappa shape index (κ2) is 6.89. The van der Waals surface area contributed by atoms with E-state index in [0.717, 1.165) is 47.8 Å². The van der Waals surface area contributed by atoms with Gasteiger partial charge in [-0.3, -0.25) is 4.79 Å². The Kier molecular flexibility index (Phi) is 4.19. The van der Waals surface area contributed by atoms with Crippen molar-refractivity contribution in [1.29, 1.82) is 0 Å². The third kappa shape index (κ3) is 2.94. The molecule has 2 aromatic carbocycles. The van der Waals surface area contributed by atoms with Gasteiger partial charge in [0.2, 0.25) is 6.79 Å². The van der Waals surface area contributed by atoms with Crippen molar-refractivity contribution in [2.24, 2.45) is 5.41 Å². The summed E-state index contributed by atoms with van der Waals surface area (Å²) in [7, 11) is 1.68. The van der Waals surface area contributed by atoms with Gasteiger partial charge in [0.25, 0.3) is 0 Å². The van der Waals surface area contributed by atoms with Crippen molar-refractivity contribution in [2.75, 3.05) is 20.4 Å². The molecular weight excluding hydrogens is 402 g/mol. The van der Waals surface area contributed by atoms with Gasteiger partial charge in [-0.25, -0.2) is 0 Å². The second-order valence-electron chi connectivity index (χ2n) is 9.87. The summed E-state index contributed by atoms with van der Waals surface area (Å²) < 4.78 is 16.8. The van der Waals surface area contributed by atoms with Gasteiger partial charge in [-0.15, -0.1) is 0 Å². The van der Waals surface area contributed by atoms with Crippen molar-refractivity contribution < 1.29 is 19.0 Å². The van der Waals surface area contributed by atoms with Crippen LogP contribution in [0.3, 0.4) is 0 Å². The van der Waals surface area contributed by atoms with Gasteiger partial charge in [-0.05, 0) is 59.7 Å². The van der Waals surface area contributed by atoms with Gasteiger partial charge in [0.15, 0.2) is 17.3 Å². The van der Waals surface area contributed by atoms with Gasteiger partial charge in [0, 0.05) is 41.4 Å². The highest BCUT2D eigenvalue weighted by Gasteiger charge is 2.43. The van der Waals surface area contributed by atoms with Gasteiger partial charge in [-0.2, -0.15) is 0 Å². The topological polar surface area (TPSA) is 48.0 Å². The van der Waals surface area contributed by atoms with Crippen LogP contribution in [-0.2, 0) is 11.2 Å². The first-order chi connectivity index (χ1) is 15.4. The molecule has 1 atom stereocenters. The lowest BCUT2D eigenvalue weighted by Gasteiger charge is -2.46. The maximum Gasteiger partial charge on any atom is 0.231 e. The average molecular weight is 430 g/mol. The smallest absolute Gasteiger partial charge is 0.231 e. The Bertz CT molecular complexity index is 1210. The molecule has 0 N–H and O–H groups in total. The molecule has 3 aliphatic heterocycles. The SMILES string of the molecule is COc1cccc(C2C=C3c4cc5c(cc4CCN3C3=C2C(=O)CC(C)(C)C3)OCO5)c1. The van der Waals surface area contributed by atoms with Crippen LogP contribution in [0, 0.1) is 5.41 Å². The lowest BCUT2D eigenvalue weighted by molar-refractivity contribution is -0.118. The fraction of sp³-hybridized carbons (Fsp3) is 0.370. The zero-order valence-electron chi connectivity index (χ0n) is 18.7. The second-order valence-corrected chi connectivity index (χ2v) is 9.87. The van der Waals surface area contributed by atoms with Gasteiger partial charge < -0.3 is 19.1 Å². The van der Waals surface area contributed by atoms with Crippen LogP contribution in [0.15, 0.2) is 53.7 Å². The van der Waals surface area contributed by atoms with E-state index in [9.17, 15) is 4.79 Å². The molecule has 5 heteroatoms. The van der Waals surface area contributed by atoms with Gasteiger partial charge in [-0.1, -0.05) is 26.0 Å². The molecule has 4 aliphatic rings. The summed E-state index contributed by atoms with van der Waals surface area (Å²) in [6.45, 7) is 5.53. The first-order valence-electron chi connectivity index (χ1n) is 11.3. The summed E-state index contributed by atoms with van der Waals surface area (Å²) in [4.78, 5) is 15.9. The van der Waals surface area contributed by atoms with E-state index in [2.05, 4.69) is 49.1 Å². The van der Waals surface area contributed by atoms with E-state index >= 15 is 0 Å². The number of fused-ring (bicyclic) bond motifs is 5. The largest absolute Gasteiger partial charge is 0.497 e. The summed E-state index contributed by atoms with van der Waals surface area (Å²) in [5, 5.41) is 0. The number of hydrogen-bond donors (Lipinski definition) is 0. The van der Waals surface area contributed by atoms with E-state index in [1.807, 2.05) is 12.1 Å². The van der Waals surface area contributed by atoms with E-state index in [1.54, 1.807) is 7.11 Å². The molecule has 1 aliphatic carbocycles. The van der Waals surface area contributed by atoms with Crippen molar-refractivity contribution in [3.63, 3.8) is 0 Å². The van der Waals surface area contributed by atoms with E-state index in [-0.39, 0.29) is 23.9 Å². The maximum absolute atomic E-state index is 13.5. The molecule has 2 aromatic rings. The Hall–Kier alpha value is -3.21. The number of nitrogens with zero attached hydrogens (tertiary/aromatic N) is 1. The van der Waals surface area contributed by atoms with E-state index in [4.69, 9.17) is 14.2 Å². The fourth-order valence-electron chi connectivity index (χ4n) is 5.62. The number of allylic oxidation sites excluding steroid dienone is 3. The zero-order chi connectivity index (χ0) is 22.0. The molecule has 0 fully saturated rings. The Morgan fingerprint density at radius 2 is 1.91 bits per heavy atom. The number of Topliss-reactive ketones (excluding diaryl/α,β-unsaturated/α-hetero) is 1. The van der Waals surface area contributed by atoms with Crippen LogP contribution >= 0.6 is 0 Å². The van der Waals surface area contributed by atoms with Crippen LogP contribution < -0.4 is 14.2 Å². The quantitative estimate of drug-likeness (QED) is 0.668. The molecule has 164 valence electrons. The highest BCUT2D eigenvalue weighted by atomic mass is 16.7. The molecule has 32 heavy (non-hydrogen) atoms. The third-order valence-corrected chi connectivity index (χ3v) is 7.08. The number of carbonyl (C=O) groups excluding carboxylic acids is 1. The number of hydrogen-bond acceptors (Lipinski definition) is 5. The highest BCUT2D eigenvalue weighted by Crippen LogP contribution is 2.51. The highest BCUT2D eigenvalue weighted by molar-refractivity contribution is 6.01. The van der Waals surface area contributed by atoms with Crippen molar-refractivity contribution in [3.05, 3.63) is 70.4 Å².